The summed E-state index contributed by atoms with van der Waals surface area (Å²) >= 11 is 0. The van der Waals surface area contributed by atoms with Gasteiger partial charge in [-0.25, -0.2) is 0 Å². The Labute approximate surface area is 213 Å². The highest BCUT2D eigenvalue weighted by Gasteiger charge is 2.22. The molecule has 1 aliphatic rings. The Bertz CT molecular complexity index is 1480. The van der Waals surface area contributed by atoms with E-state index in [1.165, 1.54) is 4.57 Å². The van der Waals surface area contributed by atoms with Gasteiger partial charge in [-0.3, -0.25) is 23.4 Å². The summed E-state index contributed by atoms with van der Waals surface area (Å²) in [7, 11) is 1.59. The molecule has 0 N–H and O–H groups in total. The van der Waals surface area contributed by atoms with E-state index in [1.807, 2.05) is 29.2 Å². The molecule has 1 fully saturated rings. The van der Waals surface area contributed by atoms with Crippen molar-refractivity contribution in [3.05, 3.63) is 82.7 Å². The molecular formula is C27H28N6O4. The Hall–Kier alpha value is -4.47. The van der Waals surface area contributed by atoms with Gasteiger partial charge >= 0.3 is 5.56 Å². The number of rotatable bonds is 7. The normalized spacial score (nSPS) is 13.7. The maximum absolute atomic E-state index is 13.0. The summed E-state index contributed by atoms with van der Waals surface area (Å²) < 4.78 is 8.33. The lowest BCUT2D eigenvalue weighted by Crippen LogP contribution is -2.48. The minimum absolute atomic E-state index is 0.0466. The molecule has 1 aliphatic heterocycles. The third-order valence-electron chi connectivity index (χ3n) is 6.73. The molecule has 3 heterocycles. The zero-order valence-corrected chi connectivity index (χ0v) is 20.8. The molecule has 10 nitrogen and oxygen atoms in total. The lowest BCUT2D eigenvalue weighted by atomic mass is 10.1. The number of fused-ring (bicyclic) bond motifs is 1. The number of aromatic nitrogens is 4. The molecule has 0 atom stereocenters. The number of piperazine rings is 1. The van der Waals surface area contributed by atoms with E-state index in [9.17, 15) is 14.4 Å². The van der Waals surface area contributed by atoms with E-state index in [4.69, 9.17) is 4.74 Å². The average Bonchev–Trinajstić information content (AvgIpc) is 3.36. The van der Waals surface area contributed by atoms with E-state index >= 15 is 0 Å². The van der Waals surface area contributed by atoms with Crippen LogP contribution in [-0.2, 0) is 11.2 Å². The van der Waals surface area contributed by atoms with Gasteiger partial charge in [0.1, 0.15) is 11.6 Å². The summed E-state index contributed by atoms with van der Waals surface area (Å²) in [5, 5.41) is 8.27. The standard InChI is InChI=1S/C27H28N6O4/c1-19(34)20-3-5-21(6-4-20)30-13-15-31(16-14-30)25(35)12-11-24-28-29-26-27(36)32(17-18-33(24)26)22-7-9-23(37-2)10-8-22/h3-10,17-18H,11-16H2,1-2H3. The largest absolute Gasteiger partial charge is 0.497 e. The minimum Gasteiger partial charge on any atom is -0.497 e. The summed E-state index contributed by atoms with van der Waals surface area (Å²) in [6.07, 6.45) is 4.10. The van der Waals surface area contributed by atoms with Crippen LogP contribution in [0.1, 0.15) is 29.5 Å². The number of methoxy groups -OCH3 is 1. The predicted molar refractivity (Wildman–Crippen MR) is 139 cm³/mol. The van der Waals surface area contributed by atoms with Crippen LogP contribution >= 0.6 is 0 Å². The molecule has 0 saturated carbocycles. The van der Waals surface area contributed by atoms with E-state index in [2.05, 4.69) is 15.1 Å². The Morgan fingerprint density at radius 2 is 1.57 bits per heavy atom. The van der Waals surface area contributed by atoms with Crippen LogP contribution in [0.25, 0.3) is 11.3 Å². The van der Waals surface area contributed by atoms with Crippen LogP contribution in [0.2, 0.25) is 0 Å². The SMILES string of the molecule is COc1ccc(-n2ccn3c(CCC(=O)N4CCN(c5ccc(C(C)=O)cc5)CC4)nnc3c2=O)cc1. The topological polar surface area (TPSA) is 102 Å². The summed E-state index contributed by atoms with van der Waals surface area (Å²) in [6, 6.07) is 14.8. The first-order valence-corrected chi connectivity index (χ1v) is 12.2. The molecule has 5 rings (SSSR count). The fourth-order valence-electron chi connectivity index (χ4n) is 4.55. The second-order valence-electron chi connectivity index (χ2n) is 8.95. The average molecular weight is 501 g/mol. The molecule has 2 aromatic heterocycles. The number of carbonyl (C=O) groups excluding carboxylic acids is 2. The zero-order valence-electron chi connectivity index (χ0n) is 20.8. The second kappa shape index (κ2) is 10.3. The number of ether oxygens (including phenoxy) is 1. The zero-order chi connectivity index (χ0) is 25.9. The van der Waals surface area contributed by atoms with E-state index in [0.717, 1.165) is 18.8 Å². The molecule has 4 aromatic rings. The van der Waals surface area contributed by atoms with Crippen molar-refractivity contribution in [2.24, 2.45) is 0 Å². The number of carbonyl (C=O) groups is 2. The Kier molecular flexibility index (Phi) is 6.72. The van der Waals surface area contributed by atoms with Gasteiger partial charge in [0, 0.05) is 68.4 Å². The Balaban J connectivity index is 1.20. The van der Waals surface area contributed by atoms with Crippen molar-refractivity contribution in [1.82, 2.24) is 24.1 Å². The minimum atomic E-state index is -0.287. The molecule has 10 heteroatoms. The molecule has 1 amide bonds. The molecule has 1 saturated heterocycles. The number of benzene rings is 2. The first-order valence-electron chi connectivity index (χ1n) is 12.2. The highest BCUT2D eigenvalue weighted by molar-refractivity contribution is 5.94. The maximum Gasteiger partial charge on any atom is 0.300 e. The van der Waals surface area contributed by atoms with Crippen molar-refractivity contribution >= 4 is 23.0 Å². The number of amides is 1. The molecule has 0 aliphatic carbocycles. The Morgan fingerprint density at radius 3 is 2.22 bits per heavy atom. The fraction of sp³-hybridized carbons (Fsp3) is 0.296. The van der Waals surface area contributed by atoms with Crippen molar-refractivity contribution < 1.29 is 14.3 Å². The van der Waals surface area contributed by atoms with Crippen LogP contribution in [0.4, 0.5) is 5.69 Å². The van der Waals surface area contributed by atoms with Gasteiger partial charge in [0.2, 0.25) is 11.6 Å². The summed E-state index contributed by atoms with van der Waals surface area (Å²) in [5.41, 5.74) is 2.36. The summed E-state index contributed by atoms with van der Waals surface area (Å²) in [4.78, 5) is 41.5. The third-order valence-corrected chi connectivity index (χ3v) is 6.73. The molecule has 0 unspecified atom stereocenters. The number of hydrogen-bond acceptors (Lipinski definition) is 7. The van der Waals surface area contributed by atoms with Crippen LogP contribution in [0.15, 0.2) is 65.7 Å². The molecule has 37 heavy (non-hydrogen) atoms. The number of Topliss-reactive ketones (excluding diaryl/α,β-unsaturated/α-hetero) is 1. The summed E-state index contributed by atoms with van der Waals surface area (Å²) in [6.45, 7) is 4.26. The Morgan fingerprint density at radius 1 is 0.892 bits per heavy atom. The van der Waals surface area contributed by atoms with Gasteiger partial charge in [-0.05, 0) is 55.5 Å². The lowest BCUT2D eigenvalue weighted by Gasteiger charge is -2.36. The van der Waals surface area contributed by atoms with Gasteiger partial charge in [-0.15, -0.1) is 10.2 Å². The first-order chi connectivity index (χ1) is 17.9. The quantitative estimate of drug-likeness (QED) is 0.359. The van der Waals surface area contributed by atoms with E-state index in [1.54, 1.807) is 55.1 Å². The fourth-order valence-corrected chi connectivity index (χ4v) is 4.55. The second-order valence-corrected chi connectivity index (χ2v) is 8.95. The van der Waals surface area contributed by atoms with Crippen molar-refractivity contribution in [3.8, 4) is 11.4 Å². The highest BCUT2D eigenvalue weighted by Crippen LogP contribution is 2.18. The smallest absolute Gasteiger partial charge is 0.300 e. The lowest BCUT2D eigenvalue weighted by molar-refractivity contribution is -0.131. The van der Waals surface area contributed by atoms with Gasteiger partial charge in [0.05, 0.1) is 7.11 Å². The van der Waals surface area contributed by atoms with Gasteiger partial charge in [-0.1, -0.05) is 0 Å². The molecule has 2 aromatic carbocycles. The van der Waals surface area contributed by atoms with Gasteiger partial charge in [0.25, 0.3) is 0 Å². The van der Waals surface area contributed by atoms with Crippen molar-refractivity contribution in [2.75, 3.05) is 38.2 Å². The number of anilines is 1. The number of ketones is 1. The van der Waals surface area contributed by atoms with Crippen molar-refractivity contribution in [2.45, 2.75) is 19.8 Å². The van der Waals surface area contributed by atoms with Crippen molar-refractivity contribution in [3.63, 3.8) is 0 Å². The molecule has 0 radical (unpaired) electrons. The molecule has 0 bridgehead atoms. The predicted octanol–water partition coefficient (Wildman–Crippen LogP) is 2.37. The van der Waals surface area contributed by atoms with Gasteiger partial charge < -0.3 is 14.5 Å². The number of hydrogen-bond donors (Lipinski definition) is 0. The number of nitrogens with zero attached hydrogens (tertiary/aromatic N) is 6. The van der Waals surface area contributed by atoms with Crippen molar-refractivity contribution in [1.29, 1.82) is 0 Å². The first kappa shape index (κ1) is 24.2. The summed E-state index contributed by atoms with van der Waals surface area (Å²) in [5.74, 6) is 1.38. The van der Waals surface area contributed by atoms with Crippen LogP contribution in [0, 0.1) is 0 Å². The molecule has 0 spiro atoms. The van der Waals surface area contributed by atoms with Gasteiger partial charge in [-0.2, -0.15) is 0 Å². The van der Waals surface area contributed by atoms with E-state index in [-0.39, 0.29) is 29.3 Å². The van der Waals surface area contributed by atoms with Gasteiger partial charge in [0.15, 0.2) is 5.78 Å². The third kappa shape index (κ3) is 4.95. The van der Waals surface area contributed by atoms with E-state index < -0.39 is 0 Å². The molecule has 190 valence electrons. The number of aryl methyl sites for hydroxylation is 1. The van der Waals surface area contributed by atoms with Crippen LogP contribution in [0.3, 0.4) is 0 Å². The van der Waals surface area contributed by atoms with Crippen LogP contribution in [0.5, 0.6) is 5.75 Å². The highest BCUT2D eigenvalue weighted by atomic mass is 16.5. The maximum atomic E-state index is 13.0. The van der Waals surface area contributed by atoms with Crippen LogP contribution in [-0.4, -0.2) is 69.0 Å². The monoisotopic (exact) mass is 500 g/mol. The van der Waals surface area contributed by atoms with Crippen LogP contribution < -0.4 is 15.2 Å². The molecular weight excluding hydrogens is 472 g/mol. The van der Waals surface area contributed by atoms with E-state index in [0.29, 0.717) is 42.3 Å².